The minimum absolute atomic E-state index is 0.149. The Morgan fingerprint density at radius 3 is 2.60 bits per heavy atom. The van der Waals surface area contributed by atoms with Gasteiger partial charge in [-0.1, -0.05) is 18.7 Å². The Bertz CT molecular complexity index is 300. The summed E-state index contributed by atoms with van der Waals surface area (Å²) in [4.78, 5) is 22.0. The first kappa shape index (κ1) is 13.2. The highest BCUT2D eigenvalue weighted by Gasteiger charge is 2.06. The predicted octanol–water partition coefficient (Wildman–Crippen LogP) is 1.39. The molecule has 0 aromatic carbocycles. The molecule has 82 valence electrons. The second kappa shape index (κ2) is 7.55. The Kier molecular flexibility index (Phi) is 6.63. The van der Waals surface area contributed by atoms with Gasteiger partial charge in [-0.25, -0.2) is 9.59 Å². The van der Waals surface area contributed by atoms with Gasteiger partial charge in [0.15, 0.2) is 0 Å². The molecule has 0 aliphatic rings. The van der Waals surface area contributed by atoms with E-state index in [9.17, 15) is 9.59 Å². The van der Waals surface area contributed by atoms with Crippen molar-refractivity contribution in [3.05, 3.63) is 36.5 Å². The molecule has 0 unspecified atom stereocenters. The molecule has 15 heavy (non-hydrogen) atoms. The maximum absolute atomic E-state index is 11.1. The topological polar surface area (TPSA) is 52.6 Å². The van der Waals surface area contributed by atoms with Crippen LogP contribution in [0.3, 0.4) is 0 Å². The second-order valence-corrected chi connectivity index (χ2v) is 2.61. The van der Waals surface area contributed by atoms with Crippen molar-refractivity contribution in [3.63, 3.8) is 0 Å². The monoisotopic (exact) mass is 210 g/mol. The van der Waals surface area contributed by atoms with Crippen molar-refractivity contribution >= 4 is 11.9 Å². The van der Waals surface area contributed by atoms with E-state index in [1.54, 1.807) is 18.2 Å². The average molecular weight is 210 g/mol. The number of ether oxygens (including phenoxy) is 2. The Labute approximate surface area is 88.9 Å². The van der Waals surface area contributed by atoms with Crippen LogP contribution < -0.4 is 0 Å². The Balaban J connectivity index is 4.07. The fraction of sp³-hybridized carbons (Fsp3) is 0.273. The van der Waals surface area contributed by atoms with Crippen LogP contribution in [0.2, 0.25) is 0 Å². The van der Waals surface area contributed by atoms with Gasteiger partial charge in [-0.2, -0.15) is 0 Å². The summed E-state index contributed by atoms with van der Waals surface area (Å²) >= 11 is 0. The van der Waals surface area contributed by atoms with E-state index in [1.807, 2.05) is 0 Å². The van der Waals surface area contributed by atoms with Gasteiger partial charge < -0.3 is 9.47 Å². The highest BCUT2D eigenvalue weighted by Crippen LogP contribution is 1.96. The van der Waals surface area contributed by atoms with E-state index in [2.05, 4.69) is 11.3 Å². The first-order valence-corrected chi connectivity index (χ1v) is 4.32. The minimum Gasteiger partial charge on any atom is -0.466 e. The van der Waals surface area contributed by atoms with Gasteiger partial charge in [-0.05, 0) is 13.0 Å². The molecule has 0 amide bonds. The number of rotatable bonds is 5. The van der Waals surface area contributed by atoms with Gasteiger partial charge in [0, 0.05) is 11.6 Å². The molecule has 0 heterocycles. The van der Waals surface area contributed by atoms with Crippen molar-refractivity contribution in [1.29, 1.82) is 0 Å². The van der Waals surface area contributed by atoms with Crippen LogP contribution in [0.1, 0.15) is 6.92 Å². The van der Waals surface area contributed by atoms with Crippen LogP contribution in [-0.4, -0.2) is 25.7 Å². The maximum atomic E-state index is 11.1. The number of hydrogen-bond acceptors (Lipinski definition) is 4. The zero-order chi connectivity index (χ0) is 11.7. The Morgan fingerprint density at radius 2 is 2.07 bits per heavy atom. The zero-order valence-corrected chi connectivity index (χ0v) is 8.86. The molecule has 0 rings (SSSR count). The summed E-state index contributed by atoms with van der Waals surface area (Å²) in [5.74, 6) is -1.12. The molecule has 0 fully saturated rings. The molecule has 0 bridgehead atoms. The summed E-state index contributed by atoms with van der Waals surface area (Å²) in [5.41, 5.74) is 0.204. The van der Waals surface area contributed by atoms with E-state index in [1.165, 1.54) is 14.0 Å². The normalized spacial score (nSPS) is 11.2. The number of hydrogen-bond donors (Lipinski definition) is 0. The van der Waals surface area contributed by atoms with Crippen LogP contribution in [0.25, 0.3) is 0 Å². The van der Waals surface area contributed by atoms with Crippen molar-refractivity contribution in [3.8, 4) is 0 Å². The van der Waals surface area contributed by atoms with Gasteiger partial charge in [0.1, 0.15) is 6.61 Å². The summed E-state index contributed by atoms with van der Waals surface area (Å²) in [6, 6.07) is 0. The van der Waals surface area contributed by atoms with Gasteiger partial charge in [-0.15, -0.1) is 0 Å². The maximum Gasteiger partial charge on any atom is 0.333 e. The van der Waals surface area contributed by atoms with Gasteiger partial charge in [0.25, 0.3) is 0 Å². The number of carbonyl (C=O) groups is 2. The van der Waals surface area contributed by atoms with Crippen molar-refractivity contribution in [2.24, 2.45) is 0 Å². The third kappa shape index (κ3) is 6.26. The third-order valence-corrected chi connectivity index (χ3v) is 1.44. The lowest BCUT2D eigenvalue weighted by Gasteiger charge is -1.99. The summed E-state index contributed by atoms with van der Waals surface area (Å²) in [6.07, 6.45) is 5.95. The number of carbonyl (C=O) groups excluding carboxylic acids is 2. The van der Waals surface area contributed by atoms with Crippen LogP contribution in [0.4, 0.5) is 0 Å². The highest BCUT2D eigenvalue weighted by molar-refractivity contribution is 5.95. The SMILES string of the molecule is C=C/C=C/COC(=O)/C=C(/C)C(=O)OC. The molecule has 0 saturated carbocycles. The summed E-state index contributed by atoms with van der Waals surface area (Å²) in [7, 11) is 1.25. The average Bonchev–Trinajstić information content (AvgIpc) is 2.23. The minimum atomic E-state index is -0.577. The smallest absolute Gasteiger partial charge is 0.333 e. The van der Waals surface area contributed by atoms with E-state index in [4.69, 9.17) is 4.74 Å². The third-order valence-electron chi connectivity index (χ3n) is 1.44. The molecular formula is C11H14O4. The number of esters is 2. The van der Waals surface area contributed by atoms with Gasteiger partial charge >= 0.3 is 11.9 Å². The van der Waals surface area contributed by atoms with Crippen LogP contribution in [0.5, 0.6) is 0 Å². The molecule has 0 radical (unpaired) electrons. The Morgan fingerprint density at radius 1 is 1.40 bits per heavy atom. The van der Waals surface area contributed by atoms with Crippen molar-refractivity contribution in [2.75, 3.05) is 13.7 Å². The molecule has 4 heteroatoms. The molecule has 0 atom stereocenters. The van der Waals surface area contributed by atoms with E-state index in [0.717, 1.165) is 6.08 Å². The van der Waals surface area contributed by atoms with Crippen LogP contribution in [-0.2, 0) is 19.1 Å². The molecule has 0 aromatic rings. The summed E-state index contributed by atoms with van der Waals surface area (Å²) < 4.78 is 9.17. The molecule has 0 aromatic heterocycles. The first-order valence-electron chi connectivity index (χ1n) is 4.32. The van der Waals surface area contributed by atoms with E-state index >= 15 is 0 Å². The highest BCUT2D eigenvalue weighted by atomic mass is 16.5. The molecule has 0 N–H and O–H groups in total. The van der Waals surface area contributed by atoms with Crippen LogP contribution >= 0.6 is 0 Å². The van der Waals surface area contributed by atoms with Crippen LogP contribution in [0.15, 0.2) is 36.5 Å². The van der Waals surface area contributed by atoms with E-state index < -0.39 is 11.9 Å². The fourth-order valence-corrected chi connectivity index (χ4v) is 0.720. The number of methoxy groups -OCH3 is 1. The summed E-state index contributed by atoms with van der Waals surface area (Å²) in [5, 5.41) is 0. The van der Waals surface area contributed by atoms with Crippen molar-refractivity contribution in [2.45, 2.75) is 6.92 Å². The first-order chi connectivity index (χ1) is 7.11. The van der Waals surface area contributed by atoms with Crippen LogP contribution in [0, 0.1) is 0 Å². The molecule has 0 spiro atoms. The molecule has 0 saturated heterocycles. The second-order valence-electron chi connectivity index (χ2n) is 2.61. The predicted molar refractivity (Wildman–Crippen MR) is 56.1 cm³/mol. The lowest BCUT2D eigenvalue weighted by molar-refractivity contribution is -0.139. The van der Waals surface area contributed by atoms with E-state index in [0.29, 0.717) is 0 Å². The summed E-state index contributed by atoms with van der Waals surface area (Å²) in [6.45, 7) is 5.09. The quantitative estimate of drug-likeness (QED) is 0.391. The van der Waals surface area contributed by atoms with Crippen molar-refractivity contribution in [1.82, 2.24) is 0 Å². The van der Waals surface area contributed by atoms with Gasteiger partial charge in [-0.3, -0.25) is 0 Å². The zero-order valence-electron chi connectivity index (χ0n) is 8.86. The molecule has 4 nitrogen and oxygen atoms in total. The van der Waals surface area contributed by atoms with Crippen molar-refractivity contribution < 1.29 is 19.1 Å². The molecular weight excluding hydrogens is 196 g/mol. The lowest BCUT2D eigenvalue weighted by atomic mass is 10.3. The number of allylic oxidation sites excluding steroid dienone is 2. The fourth-order valence-electron chi connectivity index (χ4n) is 0.720. The molecule has 0 aliphatic heterocycles. The largest absolute Gasteiger partial charge is 0.466 e. The van der Waals surface area contributed by atoms with Gasteiger partial charge in [0.05, 0.1) is 7.11 Å². The van der Waals surface area contributed by atoms with Gasteiger partial charge in [0.2, 0.25) is 0 Å². The lowest BCUT2D eigenvalue weighted by Crippen LogP contribution is -2.07. The van der Waals surface area contributed by atoms with E-state index in [-0.39, 0.29) is 12.2 Å². The Hall–Kier alpha value is -1.84. The molecule has 0 aliphatic carbocycles. The standard InChI is InChI=1S/C11H14O4/c1-4-5-6-7-15-10(12)8-9(2)11(13)14-3/h4-6,8H,1,7H2,2-3H3/b6-5+,9-8-.